The van der Waals surface area contributed by atoms with Gasteiger partial charge in [0, 0.05) is 29.7 Å². The Morgan fingerprint density at radius 2 is 2.20 bits per heavy atom. The van der Waals surface area contributed by atoms with Crippen molar-refractivity contribution in [1.29, 1.82) is 5.26 Å². The minimum Gasteiger partial charge on any atom is -0.350 e. The maximum atomic E-state index is 11.6. The van der Waals surface area contributed by atoms with Crippen LogP contribution in [0.15, 0.2) is 29.3 Å². The highest BCUT2D eigenvalue weighted by molar-refractivity contribution is 8.18. The Balaban J connectivity index is 2.17. The Kier molecular flexibility index (Phi) is 2.84. The Labute approximate surface area is 118 Å². The van der Waals surface area contributed by atoms with Crippen LogP contribution in [-0.4, -0.2) is 15.7 Å². The lowest BCUT2D eigenvalue weighted by Crippen LogP contribution is -2.17. The molecule has 0 saturated carbocycles. The molecule has 1 fully saturated rings. The van der Waals surface area contributed by atoms with Gasteiger partial charge in [-0.1, -0.05) is 0 Å². The maximum absolute atomic E-state index is 11.6. The minimum atomic E-state index is -0.381. The fraction of sp³-hybridized carbons (Fsp3) is 0.0714. The molecule has 6 heteroatoms. The molecule has 0 bridgehead atoms. The van der Waals surface area contributed by atoms with E-state index >= 15 is 0 Å². The van der Waals surface area contributed by atoms with Crippen LogP contribution in [0.1, 0.15) is 11.1 Å². The number of nitrogens with zero attached hydrogens (tertiary/aromatic N) is 2. The van der Waals surface area contributed by atoms with Crippen molar-refractivity contribution in [2.24, 2.45) is 7.05 Å². The van der Waals surface area contributed by atoms with Gasteiger partial charge in [0.05, 0.1) is 16.5 Å². The molecule has 0 radical (unpaired) electrons. The van der Waals surface area contributed by atoms with E-state index in [9.17, 15) is 9.59 Å². The van der Waals surface area contributed by atoms with E-state index in [2.05, 4.69) is 11.4 Å². The molecule has 2 amide bonds. The zero-order valence-corrected chi connectivity index (χ0v) is 11.3. The van der Waals surface area contributed by atoms with E-state index in [4.69, 9.17) is 5.26 Å². The van der Waals surface area contributed by atoms with Gasteiger partial charge in [0.1, 0.15) is 0 Å². The number of carbonyl (C=O) groups excluding carboxylic acids is 2. The van der Waals surface area contributed by atoms with Crippen molar-refractivity contribution in [2.45, 2.75) is 0 Å². The number of amides is 2. The van der Waals surface area contributed by atoms with Crippen molar-refractivity contribution >= 4 is 39.9 Å². The number of fused-ring (bicyclic) bond motifs is 1. The largest absolute Gasteiger partial charge is 0.350 e. The number of rotatable bonds is 1. The molecule has 1 aromatic heterocycles. The van der Waals surface area contributed by atoms with Gasteiger partial charge < -0.3 is 4.57 Å². The number of imide groups is 1. The van der Waals surface area contributed by atoms with Gasteiger partial charge in [0.25, 0.3) is 11.1 Å². The van der Waals surface area contributed by atoms with E-state index < -0.39 is 0 Å². The fourth-order valence-corrected chi connectivity index (χ4v) is 2.84. The molecule has 1 aromatic carbocycles. The van der Waals surface area contributed by atoms with Gasteiger partial charge in [0.2, 0.25) is 0 Å². The minimum absolute atomic E-state index is 0.362. The molecule has 1 aliphatic heterocycles. The number of hydrogen-bond donors (Lipinski definition) is 1. The number of nitriles is 1. The smallest absolute Gasteiger partial charge is 0.290 e. The average molecular weight is 283 g/mol. The van der Waals surface area contributed by atoms with Gasteiger partial charge >= 0.3 is 0 Å². The molecule has 20 heavy (non-hydrogen) atoms. The first kappa shape index (κ1) is 12.5. The number of hydrogen-bond acceptors (Lipinski definition) is 4. The predicted molar refractivity (Wildman–Crippen MR) is 76.7 cm³/mol. The summed E-state index contributed by atoms with van der Waals surface area (Å²) in [5.41, 5.74) is 2.33. The van der Waals surface area contributed by atoms with Crippen molar-refractivity contribution in [1.82, 2.24) is 9.88 Å². The third kappa shape index (κ3) is 1.98. The van der Waals surface area contributed by atoms with Crippen molar-refractivity contribution in [3.63, 3.8) is 0 Å². The Bertz CT molecular complexity index is 827. The summed E-state index contributed by atoms with van der Waals surface area (Å²) >= 11 is 0.884. The second-order valence-corrected chi connectivity index (χ2v) is 5.41. The molecule has 2 heterocycles. The lowest BCUT2D eigenvalue weighted by atomic mass is 10.1. The monoisotopic (exact) mass is 283 g/mol. The summed E-state index contributed by atoms with van der Waals surface area (Å²) in [7, 11) is 1.89. The second kappa shape index (κ2) is 4.54. The quantitative estimate of drug-likeness (QED) is 0.815. The Morgan fingerprint density at radius 3 is 2.85 bits per heavy atom. The lowest BCUT2D eigenvalue weighted by Gasteiger charge is -1.96. The third-order valence-corrected chi connectivity index (χ3v) is 3.89. The van der Waals surface area contributed by atoms with Crippen LogP contribution in [0.4, 0.5) is 4.79 Å². The average Bonchev–Trinajstić information content (AvgIpc) is 2.90. The zero-order valence-electron chi connectivity index (χ0n) is 10.5. The molecule has 5 nitrogen and oxygen atoms in total. The van der Waals surface area contributed by atoms with Crippen LogP contribution in [0.3, 0.4) is 0 Å². The van der Waals surface area contributed by atoms with Crippen molar-refractivity contribution in [3.8, 4) is 6.07 Å². The summed E-state index contributed by atoms with van der Waals surface area (Å²) in [4.78, 5) is 23.1. The molecular formula is C14H9N3O2S. The maximum Gasteiger partial charge on any atom is 0.290 e. The Hall–Kier alpha value is -2.52. The topological polar surface area (TPSA) is 74.9 Å². The van der Waals surface area contributed by atoms with E-state index in [-0.39, 0.29) is 11.1 Å². The SMILES string of the molecule is Cn1cc(/C=C2\SC(=O)NC2=O)c2cc(C#N)ccc21. The van der Waals surface area contributed by atoms with Gasteiger partial charge in [-0.3, -0.25) is 14.9 Å². The summed E-state index contributed by atoms with van der Waals surface area (Å²) in [6.45, 7) is 0. The zero-order chi connectivity index (χ0) is 14.3. The molecule has 2 aromatic rings. The highest BCUT2D eigenvalue weighted by Crippen LogP contribution is 2.29. The molecule has 98 valence electrons. The molecule has 1 aliphatic rings. The summed E-state index contributed by atoms with van der Waals surface area (Å²) < 4.78 is 1.92. The van der Waals surface area contributed by atoms with Crippen LogP contribution < -0.4 is 5.32 Å². The molecule has 0 aliphatic carbocycles. The number of aryl methyl sites for hydroxylation is 1. The number of aromatic nitrogens is 1. The molecule has 3 rings (SSSR count). The van der Waals surface area contributed by atoms with Crippen LogP contribution in [-0.2, 0) is 11.8 Å². The number of thioether (sulfide) groups is 1. The number of nitrogens with one attached hydrogen (secondary N) is 1. The van der Waals surface area contributed by atoms with Crippen LogP contribution in [0.2, 0.25) is 0 Å². The molecule has 0 unspecified atom stereocenters. The van der Waals surface area contributed by atoms with Gasteiger partial charge in [-0.15, -0.1) is 0 Å². The van der Waals surface area contributed by atoms with Crippen LogP contribution in [0.5, 0.6) is 0 Å². The van der Waals surface area contributed by atoms with Crippen molar-refractivity contribution in [2.75, 3.05) is 0 Å². The highest BCUT2D eigenvalue weighted by Gasteiger charge is 2.25. The van der Waals surface area contributed by atoms with Crippen LogP contribution in [0, 0.1) is 11.3 Å². The summed E-state index contributed by atoms with van der Waals surface area (Å²) in [5, 5.41) is 11.7. The van der Waals surface area contributed by atoms with Crippen molar-refractivity contribution in [3.05, 3.63) is 40.4 Å². The van der Waals surface area contributed by atoms with Crippen LogP contribution >= 0.6 is 11.8 Å². The molecule has 1 saturated heterocycles. The van der Waals surface area contributed by atoms with E-state index in [0.717, 1.165) is 28.2 Å². The normalized spacial score (nSPS) is 16.7. The number of benzene rings is 1. The first-order chi connectivity index (χ1) is 9.58. The summed E-state index contributed by atoms with van der Waals surface area (Å²) in [6, 6.07) is 7.49. The summed E-state index contributed by atoms with van der Waals surface area (Å²) in [5.74, 6) is -0.381. The first-order valence-corrected chi connectivity index (χ1v) is 6.64. The van der Waals surface area contributed by atoms with Gasteiger partial charge in [-0.25, -0.2) is 0 Å². The molecule has 0 spiro atoms. The summed E-state index contributed by atoms with van der Waals surface area (Å²) in [6.07, 6.45) is 3.55. The predicted octanol–water partition coefficient (Wildman–Crippen LogP) is 2.37. The van der Waals surface area contributed by atoms with Gasteiger partial charge in [0.15, 0.2) is 0 Å². The molecule has 0 atom stereocenters. The second-order valence-electron chi connectivity index (χ2n) is 4.39. The van der Waals surface area contributed by atoms with Crippen molar-refractivity contribution < 1.29 is 9.59 Å². The van der Waals surface area contributed by atoms with Crippen LogP contribution in [0.25, 0.3) is 17.0 Å². The molecular weight excluding hydrogens is 274 g/mol. The first-order valence-electron chi connectivity index (χ1n) is 5.82. The fourth-order valence-electron chi connectivity index (χ4n) is 2.17. The highest BCUT2D eigenvalue weighted by atomic mass is 32.2. The lowest BCUT2D eigenvalue weighted by molar-refractivity contribution is -0.115. The van der Waals surface area contributed by atoms with E-state index in [1.54, 1.807) is 18.2 Å². The third-order valence-electron chi connectivity index (χ3n) is 3.08. The Morgan fingerprint density at radius 1 is 1.40 bits per heavy atom. The van der Waals surface area contributed by atoms with E-state index in [1.807, 2.05) is 23.9 Å². The molecule has 1 N–H and O–H groups in total. The number of carbonyl (C=O) groups is 2. The standard InChI is InChI=1S/C14H9N3O2S/c1-17-7-9(5-12-13(18)16-14(19)20-12)10-4-8(6-15)2-3-11(10)17/h2-5,7H,1H3,(H,16,18,19)/b12-5-. The van der Waals surface area contributed by atoms with E-state index in [1.165, 1.54) is 0 Å². The van der Waals surface area contributed by atoms with Gasteiger partial charge in [-0.05, 0) is 36.0 Å². The van der Waals surface area contributed by atoms with Gasteiger partial charge in [-0.2, -0.15) is 5.26 Å². The van der Waals surface area contributed by atoms with E-state index in [0.29, 0.717) is 10.5 Å².